The van der Waals surface area contributed by atoms with Gasteiger partial charge in [-0.3, -0.25) is 9.89 Å². The first-order valence-corrected chi connectivity index (χ1v) is 8.04. The van der Waals surface area contributed by atoms with Crippen LogP contribution >= 0.6 is 45.2 Å². The predicted molar refractivity (Wildman–Crippen MR) is 90.6 cm³/mol. The molecule has 0 unspecified atom stereocenters. The number of carbonyl (C=O) groups excluding carboxylic acids is 1. The van der Waals surface area contributed by atoms with Crippen LogP contribution in [0, 0.1) is 7.14 Å². The number of H-pyrrole nitrogens is 1. The summed E-state index contributed by atoms with van der Waals surface area (Å²) in [6.07, 6.45) is 2.93. The Morgan fingerprint density at radius 1 is 1.40 bits per heavy atom. The minimum atomic E-state index is -0.267. The van der Waals surface area contributed by atoms with Gasteiger partial charge in [-0.2, -0.15) is 5.10 Å². The van der Waals surface area contributed by atoms with Crippen LogP contribution in [-0.2, 0) is 6.42 Å². The van der Waals surface area contributed by atoms with E-state index >= 15 is 0 Å². The number of aromatic nitrogens is 3. The number of aryl methyl sites for hydroxylation is 1. The number of halogens is 2. The summed E-state index contributed by atoms with van der Waals surface area (Å²) >= 11 is 4.12. The molecule has 8 heteroatoms. The number of phenols is 1. The monoisotopic (exact) mass is 498 g/mol. The molecular formula is C12H12I2N4O2. The number of hydrogen-bond acceptors (Lipinski definition) is 4. The highest BCUT2D eigenvalue weighted by molar-refractivity contribution is 14.1. The van der Waals surface area contributed by atoms with Gasteiger partial charge in [-0.25, -0.2) is 4.98 Å². The first-order valence-electron chi connectivity index (χ1n) is 5.88. The minimum absolute atomic E-state index is 0.0266. The molecule has 0 atom stereocenters. The Morgan fingerprint density at radius 3 is 2.90 bits per heavy atom. The van der Waals surface area contributed by atoms with Crippen LogP contribution in [0.4, 0.5) is 0 Å². The van der Waals surface area contributed by atoms with E-state index in [1.165, 1.54) is 6.33 Å². The maximum absolute atomic E-state index is 12.0. The van der Waals surface area contributed by atoms with Crippen molar-refractivity contribution >= 4 is 51.1 Å². The zero-order valence-electron chi connectivity index (χ0n) is 10.4. The summed E-state index contributed by atoms with van der Waals surface area (Å²) in [5, 5.41) is 19.2. The molecule has 1 heterocycles. The topological polar surface area (TPSA) is 90.9 Å². The highest BCUT2D eigenvalue weighted by Crippen LogP contribution is 2.26. The Balaban J connectivity index is 1.89. The predicted octanol–water partition coefficient (Wildman–Crippen LogP) is 2.08. The number of phenolic OH excluding ortho intramolecular Hbond substituents is 1. The van der Waals surface area contributed by atoms with Crippen molar-refractivity contribution in [2.45, 2.75) is 12.8 Å². The van der Waals surface area contributed by atoms with Crippen molar-refractivity contribution in [1.82, 2.24) is 20.5 Å². The second-order valence-corrected chi connectivity index (χ2v) is 6.48. The van der Waals surface area contributed by atoms with E-state index in [9.17, 15) is 9.90 Å². The second kappa shape index (κ2) is 7.20. The van der Waals surface area contributed by atoms with Gasteiger partial charge in [0.15, 0.2) is 0 Å². The number of aromatic amines is 1. The molecule has 106 valence electrons. The van der Waals surface area contributed by atoms with Gasteiger partial charge < -0.3 is 10.4 Å². The third kappa shape index (κ3) is 4.04. The van der Waals surface area contributed by atoms with E-state index in [0.717, 1.165) is 22.2 Å². The molecule has 0 saturated heterocycles. The number of aromatic hydroxyl groups is 1. The normalized spacial score (nSPS) is 10.5. The lowest BCUT2D eigenvalue weighted by Crippen LogP contribution is -2.25. The first kappa shape index (κ1) is 15.5. The number of carbonyl (C=O) groups is 1. The van der Waals surface area contributed by atoms with Gasteiger partial charge in [0.05, 0.1) is 9.13 Å². The Labute approximate surface area is 143 Å². The van der Waals surface area contributed by atoms with Gasteiger partial charge >= 0.3 is 0 Å². The fourth-order valence-electron chi connectivity index (χ4n) is 1.64. The van der Waals surface area contributed by atoms with Gasteiger partial charge in [-0.05, 0) is 63.7 Å². The first-order chi connectivity index (χ1) is 9.58. The van der Waals surface area contributed by atoms with Crippen LogP contribution in [0.25, 0.3) is 0 Å². The lowest BCUT2D eigenvalue weighted by atomic mass is 10.2. The maximum atomic E-state index is 12.0. The van der Waals surface area contributed by atoms with Crippen LogP contribution in [0.2, 0.25) is 0 Å². The van der Waals surface area contributed by atoms with Crippen LogP contribution in [0.15, 0.2) is 18.5 Å². The van der Waals surface area contributed by atoms with E-state index in [2.05, 4.69) is 43.1 Å². The van der Waals surface area contributed by atoms with Crippen molar-refractivity contribution in [3.63, 3.8) is 0 Å². The Kier molecular flexibility index (Phi) is 5.57. The molecule has 2 aromatic rings. The summed E-state index contributed by atoms with van der Waals surface area (Å²) in [7, 11) is 0. The van der Waals surface area contributed by atoms with Crippen LogP contribution < -0.4 is 5.32 Å². The molecule has 0 radical (unpaired) electrons. The molecule has 1 amide bonds. The zero-order chi connectivity index (χ0) is 14.5. The van der Waals surface area contributed by atoms with Crippen LogP contribution in [-0.4, -0.2) is 32.7 Å². The molecule has 1 aromatic carbocycles. The average Bonchev–Trinajstić information content (AvgIpc) is 2.91. The molecule has 0 aliphatic carbocycles. The van der Waals surface area contributed by atoms with Gasteiger partial charge in [0.1, 0.15) is 17.9 Å². The van der Waals surface area contributed by atoms with Crippen molar-refractivity contribution in [3.8, 4) is 5.75 Å². The zero-order valence-corrected chi connectivity index (χ0v) is 14.7. The standard InChI is InChI=1S/C12H12I2N4O2/c13-7-4-8(11(19)9(14)5-7)12(20)15-3-1-2-10-16-6-17-18-10/h4-6,19H,1-3H2,(H,15,20)(H,16,17,18). The maximum Gasteiger partial charge on any atom is 0.255 e. The fourth-order valence-corrected chi connectivity index (χ4v) is 3.49. The molecule has 20 heavy (non-hydrogen) atoms. The highest BCUT2D eigenvalue weighted by atomic mass is 127. The summed E-state index contributed by atoms with van der Waals surface area (Å²) < 4.78 is 1.58. The van der Waals surface area contributed by atoms with E-state index in [1.54, 1.807) is 6.07 Å². The van der Waals surface area contributed by atoms with Crippen molar-refractivity contribution in [1.29, 1.82) is 0 Å². The summed E-state index contributed by atoms with van der Waals surface area (Å²) in [5.41, 5.74) is 0.306. The summed E-state index contributed by atoms with van der Waals surface area (Å²) in [4.78, 5) is 16.0. The van der Waals surface area contributed by atoms with Gasteiger partial charge in [0.25, 0.3) is 5.91 Å². The Bertz CT molecular complexity index is 602. The van der Waals surface area contributed by atoms with Crippen molar-refractivity contribution in [3.05, 3.63) is 37.0 Å². The number of amides is 1. The van der Waals surface area contributed by atoms with Gasteiger partial charge in [-0.15, -0.1) is 0 Å². The third-order valence-corrected chi connectivity index (χ3v) is 4.06. The highest BCUT2D eigenvalue weighted by Gasteiger charge is 2.14. The molecule has 0 bridgehead atoms. The number of nitrogens with one attached hydrogen (secondary N) is 2. The van der Waals surface area contributed by atoms with Crippen LogP contribution in [0.1, 0.15) is 22.6 Å². The summed E-state index contributed by atoms with van der Waals surface area (Å²) in [6.45, 7) is 0.515. The molecule has 1 aromatic heterocycles. The molecule has 2 rings (SSSR count). The van der Waals surface area contributed by atoms with E-state index in [-0.39, 0.29) is 11.7 Å². The Hall–Kier alpha value is -0.910. The molecule has 0 saturated carbocycles. The largest absolute Gasteiger partial charge is 0.506 e. The molecule has 0 aliphatic heterocycles. The molecular weight excluding hydrogens is 486 g/mol. The quantitative estimate of drug-likeness (QED) is 0.436. The van der Waals surface area contributed by atoms with Crippen LogP contribution in [0.5, 0.6) is 5.75 Å². The van der Waals surface area contributed by atoms with Crippen molar-refractivity contribution in [2.24, 2.45) is 0 Å². The van der Waals surface area contributed by atoms with E-state index in [1.807, 2.05) is 28.7 Å². The van der Waals surface area contributed by atoms with Gasteiger partial charge in [0.2, 0.25) is 0 Å². The van der Waals surface area contributed by atoms with Crippen LogP contribution in [0.3, 0.4) is 0 Å². The molecule has 3 N–H and O–H groups in total. The average molecular weight is 498 g/mol. The second-order valence-electron chi connectivity index (χ2n) is 4.08. The lowest BCUT2D eigenvalue weighted by Gasteiger charge is -2.08. The molecule has 6 nitrogen and oxygen atoms in total. The number of rotatable bonds is 5. The van der Waals surface area contributed by atoms with E-state index in [0.29, 0.717) is 15.7 Å². The van der Waals surface area contributed by atoms with Crippen molar-refractivity contribution in [2.75, 3.05) is 6.54 Å². The number of nitrogens with zero attached hydrogens (tertiary/aromatic N) is 2. The molecule has 0 fully saturated rings. The Morgan fingerprint density at radius 2 is 2.20 bits per heavy atom. The van der Waals surface area contributed by atoms with Gasteiger partial charge in [0, 0.05) is 16.5 Å². The summed E-state index contributed by atoms with van der Waals surface area (Å²) in [6, 6.07) is 3.49. The number of benzene rings is 1. The number of hydrogen-bond donors (Lipinski definition) is 3. The fraction of sp³-hybridized carbons (Fsp3) is 0.250. The molecule has 0 spiro atoms. The third-order valence-electron chi connectivity index (χ3n) is 2.61. The SMILES string of the molecule is O=C(NCCCc1ncn[nH]1)c1cc(I)cc(I)c1O. The van der Waals surface area contributed by atoms with E-state index < -0.39 is 0 Å². The van der Waals surface area contributed by atoms with Crippen molar-refractivity contribution < 1.29 is 9.90 Å². The van der Waals surface area contributed by atoms with E-state index in [4.69, 9.17) is 0 Å². The minimum Gasteiger partial charge on any atom is -0.506 e. The van der Waals surface area contributed by atoms with Gasteiger partial charge in [-0.1, -0.05) is 0 Å². The summed E-state index contributed by atoms with van der Waals surface area (Å²) in [5.74, 6) is 0.557. The molecule has 0 aliphatic rings. The smallest absolute Gasteiger partial charge is 0.255 e. The lowest BCUT2D eigenvalue weighted by molar-refractivity contribution is 0.0950.